The van der Waals surface area contributed by atoms with Crippen LogP contribution in [0.3, 0.4) is 0 Å². The van der Waals surface area contributed by atoms with Crippen molar-refractivity contribution in [3.8, 4) is 5.75 Å². The first-order chi connectivity index (χ1) is 12.2. The lowest BCUT2D eigenvalue weighted by Crippen LogP contribution is -2.30. The van der Waals surface area contributed by atoms with Crippen LogP contribution in [0, 0.1) is 0 Å². The Morgan fingerprint density at radius 3 is 2.80 bits per heavy atom. The topological polar surface area (TPSA) is 38.3 Å². The highest BCUT2D eigenvalue weighted by atomic mass is 35.5. The number of hydrogen-bond donors (Lipinski definition) is 1. The molecule has 0 atom stereocenters. The maximum atomic E-state index is 12.0. The highest BCUT2D eigenvalue weighted by molar-refractivity contribution is 6.31. The summed E-state index contributed by atoms with van der Waals surface area (Å²) in [4.78, 5) is 12.0. The predicted octanol–water partition coefficient (Wildman–Crippen LogP) is 4.35. The number of nitrogens with one attached hydrogen (secondary N) is 1. The molecule has 0 unspecified atom stereocenters. The molecular formula is C21H24ClNO2. The molecule has 0 bridgehead atoms. The molecule has 1 amide bonds. The molecule has 0 saturated carbocycles. The second-order valence-electron chi connectivity index (χ2n) is 6.43. The Hall–Kier alpha value is -2.00. The van der Waals surface area contributed by atoms with Crippen molar-refractivity contribution in [3.05, 3.63) is 64.2 Å². The summed E-state index contributed by atoms with van der Waals surface area (Å²) in [6, 6.07) is 14.0. The number of aryl methyl sites for hydroxylation is 2. The van der Waals surface area contributed by atoms with E-state index < -0.39 is 0 Å². The number of rotatable bonds is 7. The molecule has 4 heteroatoms. The minimum Gasteiger partial charge on any atom is -0.483 e. The first-order valence-corrected chi connectivity index (χ1v) is 9.35. The number of amides is 1. The van der Waals surface area contributed by atoms with Gasteiger partial charge in [-0.05, 0) is 67.3 Å². The number of fused-ring (bicyclic) bond motifs is 1. The molecule has 0 radical (unpaired) electrons. The molecule has 0 aromatic heterocycles. The van der Waals surface area contributed by atoms with Crippen LogP contribution in [0.5, 0.6) is 5.75 Å². The lowest BCUT2D eigenvalue weighted by molar-refractivity contribution is -0.123. The predicted molar refractivity (Wildman–Crippen MR) is 101 cm³/mol. The standard InChI is InChI=1S/C21H24ClNO2/c22-19-12-4-2-8-17(19)10-6-14-23-21(24)15-25-20-13-5-9-16-7-1-3-11-18(16)20/h2,4-5,8-9,12-13H,1,3,6-7,10-11,14-15H2,(H,23,24). The Kier molecular flexibility index (Phi) is 6.35. The Labute approximate surface area is 154 Å². The smallest absolute Gasteiger partial charge is 0.257 e. The average Bonchev–Trinajstić information content (AvgIpc) is 2.65. The van der Waals surface area contributed by atoms with Gasteiger partial charge in [-0.15, -0.1) is 0 Å². The first-order valence-electron chi connectivity index (χ1n) is 8.98. The zero-order valence-corrected chi connectivity index (χ0v) is 15.1. The van der Waals surface area contributed by atoms with E-state index in [9.17, 15) is 4.79 Å². The summed E-state index contributed by atoms with van der Waals surface area (Å²) in [6.07, 6.45) is 6.30. The molecule has 25 heavy (non-hydrogen) atoms. The van der Waals surface area contributed by atoms with E-state index in [-0.39, 0.29) is 12.5 Å². The third kappa shape index (κ3) is 4.99. The lowest BCUT2D eigenvalue weighted by Gasteiger charge is -2.19. The Morgan fingerprint density at radius 1 is 1.08 bits per heavy atom. The van der Waals surface area contributed by atoms with E-state index in [1.807, 2.05) is 36.4 Å². The highest BCUT2D eigenvalue weighted by Gasteiger charge is 2.14. The molecule has 0 heterocycles. The lowest BCUT2D eigenvalue weighted by atomic mass is 9.91. The fourth-order valence-corrected chi connectivity index (χ4v) is 3.51. The quantitative estimate of drug-likeness (QED) is 0.748. The zero-order chi connectivity index (χ0) is 17.5. The minimum atomic E-state index is -0.0763. The van der Waals surface area contributed by atoms with Gasteiger partial charge in [-0.3, -0.25) is 4.79 Å². The molecule has 1 aliphatic carbocycles. The van der Waals surface area contributed by atoms with Gasteiger partial charge in [0.15, 0.2) is 6.61 Å². The van der Waals surface area contributed by atoms with E-state index in [2.05, 4.69) is 11.4 Å². The molecule has 132 valence electrons. The van der Waals surface area contributed by atoms with Gasteiger partial charge in [0, 0.05) is 11.6 Å². The number of benzene rings is 2. The maximum absolute atomic E-state index is 12.0. The van der Waals surface area contributed by atoms with Crippen LogP contribution in [-0.2, 0) is 24.1 Å². The number of hydrogen-bond acceptors (Lipinski definition) is 2. The van der Waals surface area contributed by atoms with Gasteiger partial charge in [-0.25, -0.2) is 0 Å². The Balaban J connectivity index is 1.41. The summed E-state index contributed by atoms with van der Waals surface area (Å²) in [5, 5.41) is 3.70. The van der Waals surface area contributed by atoms with Gasteiger partial charge in [0.2, 0.25) is 0 Å². The summed E-state index contributed by atoms with van der Waals surface area (Å²) < 4.78 is 5.77. The normalized spacial score (nSPS) is 13.2. The molecule has 0 fully saturated rings. The van der Waals surface area contributed by atoms with Gasteiger partial charge >= 0.3 is 0 Å². The molecule has 2 aromatic carbocycles. The number of carbonyl (C=O) groups excluding carboxylic acids is 1. The second-order valence-corrected chi connectivity index (χ2v) is 6.84. The van der Waals surface area contributed by atoms with Crippen LogP contribution in [0.15, 0.2) is 42.5 Å². The van der Waals surface area contributed by atoms with Crippen LogP contribution in [0.2, 0.25) is 5.02 Å². The molecule has 0 aliphatic heterocycles. The SMILES string of the molecule is O=C(COc1cccc2c1CCCC2)NCCCc1ccccc1Cl. The van der Waals surface area contributed by atoms with Crippen molar-refractivity contribution in [2.75, 3.05) is 13.2 Å². The van der Waals surface area contributed by atoms with Crippen LogP contribution >= 0.6 is 11.6 Å². The van der Waals surface area contributed by atoms with E-state index in [0.29, 0.717) is 6.54 Å². The number of ether oxygens (including phenoxy) is 1. The molecule has 3 rings (SSSR count). The molecule has 3 nitrogen and oxygen atoms in total. The monoisotopic (exact) mass is 357 g/mol. The minimum absolute atomic E-state index is 0.0720. The van der Waals surface area contributed by atoms with Gasteiger partial charge in [-0.2, -0.15) is 0 Å². The Bertz CT molecular complexity index is 730. The maximum Gasteiger partial charge on any atom is 0.257 e. The van der Waals surface area contributed by atoms with Crippen LogP contribution in [-0.4, -0.2) is 19.1 Å². The van der Waals surface area contributed by atoms with E-state index in [1.54, 1.807) is 0 Å². The van der Waals surface area contributed by atoms with Crippen molar-refractivity contribution < 1.29 is 9.53 Å². The zero-order valence-electron chi connectivity index (χ0n) is 14.4. The molecule has 0 saturated heterocycles. The molecule has 0 spiro atoms. The fraction of sp³-hybridized carbons (Fsp3) is 0.381. The van der Waals surface area contributed by atoms with Crippen molar-refractivity contribution in [1.29, 1.82) is 0 Å². The van der Waals surface area contributed by atoms with E-state index in [0.717, 1.165) is 42.0 Å². The molecule has 2 aromatic rings. The number of carbonyl (C=O) groups is 1. The highest BCUT2D eigenvalue weighted by Crippen LogP contribution is 2.29. The van der Waals surface area contributed by atoms with Crippen LogP contribution < -0.4 is 10.1 Å². The van der Waals surface area contributed by atoms with Crippen LogP contribution in [0.1, 0.15) is 36.0 Å². The summed E-state index contributed by atoms with van der Waals surface area (Å²) in [6.45, 7) is 0.697. The third-order valence-corrected chi connectivity index (χ3v) is 4.98. The molecule has 1 N–H and O–H groups in total. The largest absolute Gasteiger partial charge is 0.483 e. The Morgan fingerprint density at radius 2 is 1.92 bits per heavy atom. The summed E-state index contributed by atoms with van der Waals surface area (Å²) in [5.74, 6) is 0.788. The molecular weight excluding hydrogens is 334 g/mol. The van der Waals surface area contributed by atoms with Crippen LogP contribution in [0.4, 0.5) is 0 Å². The van der Waals surface area contributed by atoms with Gasteiger partial charge in [-0.1, -0.05) is 41.9 Å². The summed E-state index contributed by atoms with van der Waals surface area (Å²) in [7, 11) is 0. The first kappa shape index (κ1) is 17.8. The molecule has 1 aliphatic rings. The van der Waals surface area contributed by atoms with E-state index in [1.165, 1.54) is 24.0 Å². The van der Waals surface area contributed by atoms with Gasteiger partial charge in [0.1, 0.15) is 5.75 Å². The van der Waals surface area contributed by atoms with Crippen molar-refractivity contribution in [3.63, 3.8) is 0 Å². The third-order valence-electron chi connectivity index (χ3n) is 4.61. The fourth-order valence-electron chi connectivity index (χ4n) is 3.28. The second kappa shape index (κ2) is 8.91. The van der Waals surface area contributed by atoms with Crippen molar-refractivity contribution in [2.24, 2.45) is 0 Å². The van der Waals surface area contributed by atoms with Crippen molar-refractivity contribution in [2.45, 2.75) is 38.5 Å². The number of halogens is 1. The van der Waals surface area contributed by atoms with Crippen molar-refractivity contribution in [1.82, 2.24) is 5.32 Å². The summed E-state index contributed by atoms with van der Waals surface area (Å²) >= 11 is 6.13. The van der Waals surface area contributed by atoms with Gasteiger partial charge < -0.3 is 10.1 Å². The average molecular weight is 358 g/mol. The van der Waals surface area contributed by atoms with Crippen LogP contribution in [0.25, 0.3) is 0 Å². The van der Waals surface area contributed by atoms with E-state index in [4.69, 9.17) is 16.3 Å². The van der Waals surface area contributed by atoms with Gasteiger partial charge in [0.25, 0.3) is 5.91 Å². The van der Waals surface area contributed by atoms with E-state index >= 15 is 0 Å². The van der Waals surface area contributed by atoms with Gasteiger partial charge in [0.05, 0.1) is 0 Å². The summed E-state index contributed by atoms with van der Waals surface area (Å²) in [5.41, 5.74) is 3.76. The van der Waals surface area contributed by atoms with Crippen molar-refractivity contribution >= 4 is 17.5 Å².